The van der Waals surface area contributed by atoms with E-state index in [0.717, 1.165) is 30.5 Å². The first-order chi connectivity index (χ1) is 13.0. The Morgan fingerprint density at radius 3 is 2.52 bits per heavy atom. The van der Waals surface area contributed by atoms with E-state index in [1.54, 1.807) is 7.11 Å². The highest BCUT2D eigenvalue weighted by Crippen LogP contribution is 2.24. The van der Waals surface area contributed by atoms with E-state index in [1.807, 2.05) is 61.2 Å². The Bertz CT molecular complexity index is 803. The first kappa shape index (κ1) is 18.8. The Morgan fingerprint density at radius 2 is 1.85 bits per heavy atom. The average molecular weight is 370 g/mol. The molecule has 0 unspecified atom stereocenters. The normalized spacial score (nSPS) is 14.1. The molecule has 8 heteroatoms. The summed E-state index contributed by atoms with van der Waals surface area (Å²) in [5.74, 6) is 3.18. The number of aromatic nitrogens is 2. The number of hydrogen-bond acceptors (Lipinski definition) is 6. The fourth-order valence-corrected chi connectivity index (χ4v) is 3.01. The Labute approximate surface area is 159 Å². The molecule has 0 saturated carbocycles. The molecule has 0 radical (unpaired) electrons. The minimum absolute atomic E-state index is 0.119. The van der Waals surface area contributed by atoms with Gasteiger partial charge in [-0.25, -0.2) is 14.8 Å². The van der Waals surface area contributed by atoms with Gasteiger partial charge in [0, 0.05) is 46.3 Å². The van der Waals surface area contributed by atoms with Crippen LogP contribution in [0.4, 0.5) is 22.1 Å². The number of anilines is 3. The minimum Gasteiger partial charge on any atom is -0.495 e. The fourth-order valence-electron chi connectivity index (χ4n) is 3.01. The second-order valence-corrected chi connectivity index (χ2v) is 6.63. The van der Waals surface area contributed by atoms with Gasteiger partial charge in [-0.3, -0.25) is 0 Å². The zero-order valence-electron chi connectivity index (χ0n) is 16.3. The first-order valence-corrected chi connectivity index (χ1v) is 8.95. The van der Waals surface area contributed by atoms with Gasteiger partial charge in [0.2, 0.25) is 0 Å². The van der Waals surface area contributed by atoms with Crippen LogP contribution in [0.15, 0.2) is 30.3 Å². The first-order valence-electron chi connectivity index (χ1n) is 8.95. The number of aryl methyl sites for hydroxylation is 1. The van der Waals surface area contributed by atoms with E-state index >= 15 is 0 Å². The predicted molar refractivity (Wildman–Crippen MR) is 107 cm³/mol. The molecular formula is C19H26N6O2. The van der Waals surface area contributed by atoms with Gasteiger partial charge in [-0.1, -0.05) is 12.1 Å². The van der Waals surface area contributed by atoms with E-state index in [4.69, 9.17) is 4.74 Å². The Kier molecular flexibility index (Phi) is 5.63. The van der Waals surface area contributed by atoms with E-state index in [2.05, 4.69) is 20.2 Å². The van der Waals surface area contributed by atoms with E-state index in [9.17, 15) is 4.79 Å². The van der Waals surface area contributed by atoms with E-state index in [0.29, 0.717) is 24.5 Å². The van der Waals surface area contributed by atoms with Crippen molar-refractivity contribution in [2.24, 2.45) is 0 Å². The van der Waals surface area contributed by atoms with Crippen molar-refractivity contribution in [3.8, 4) is 5.75 Å². The van der Waals surface area contributed by atoms with Gasteiger partial charge in [0.05, 0.1) is 12.8 Å². The van der Waals surface area contributed by atoms with Gasteiger partial charge in [0.25, 0.3) is 0 Å². The van der Waals surface area contributed by atoms with Crippen LogP contribution in [0.5, 0.6) is 5.75 Å². The largest absolute Gasteiger partial charge is 0.495 e. The summed E-state index contributed by atoms with van der Waals surface area (Å²) in [5.41, 5.74) is 0.675. The average Bonchev–Trinajstić information content (AvgIpc) is 2.68. The summed E-state index contributed by atoms with van der Waals surface area (Å²) in [6.45, 7) is 4.60. The molecule has 0 bridgehead atoms. The van der Waals surface area contributed by atoms with Gasteiger partial charge in [0.1, 0.15) is 23.2 Å². The van der Waals surface area contributed by atoms with Crippen molar-refractivity contribution in [1.82, 2.24) is 14.9 Å². The van der Waals surface area contributed by atoms with Crippen LogP contribution in [-0.2, 0) is 0 Å². The Hall–Kier alpha value is -3.03. The number of piperazine rings is 1. The maximum absolute atomic E-state index is 12.6. The molecule has 0 atom stereocenters. The molecule has 2 amide bonds. The SMILES string of the molecule is COc1ccccc1NC(=O)N1CCN(c2cc(N(C)C)nc(C)n2)CC1. The maximum Gasteiger partial charge on any atom is 0.322 e. The van der Waals surface area contributed by atoms with Crippen LogP contribution in [0.3, 0.4) is 0 Å². The number of carbonyl (C=O) groups excluding carboxylic acids is 1. The highest BCUT2D eigenvalue weighted by atomic mass is 16.5. The molecule has 1 N–H and O–H groups in total. The number of hydrogen-bond donors (Lipinski definition) is 1. The molecule has 1 aliphatic heterocycles. The molecule has 1 aliphatic rings. The highest BCUT2D eigenvalue weighted by Gasteiger charge is 2.23. The van der Waals surface area contributed by atoms with Gasteiger partial charge >= 0.3 is 6.03 Å². The van der Waals surface area contributed by atoms with Crippen LogP contribution >= 0.6 is 0 Å². The topological polar surface area (TPSA) is 73.8 Å². The molecule has 1 aromatic carbocycles. The van der Waals surface area contributed by atoms with Gasteiger partial charge in [-0.15, -0.1) is 0 Å². The van der Waals surface area contributed by atoms with E-state index < -0.39 is 0 Å². The molecule has 1 aromatic heterocycles. The van der Waals surface area contributed by atoms with Crippen LogP contribution in [0.2, 0.25) is 0 Å². The maximum atomic E-state index is 12.6. The second kappa shape index (κ2) is 8.11. The van der Waals surface area contributed by atoms with Gasteiger partial charge < -0.3 is 24.8 Å². The molecule has 2 aromatic rings. The van der Waals surface area contributed by atoms with Crippen molar-refractivity contribution in [2.45, 2.75) is 6.92 Å². The molecule has 2 heterocycles. The molecule has 1 fully saturated rings. The molecule has 27 heavy (non-hydrogen) atoms. The van der Waals surface area contributed by atoms with Gasteiger partial charge in [-0.05, 0) is 19.1 Å². The summed E-state index contributed by atoms with van der Waals surface area (Å²) in [6.07, 6.45) is 0. The number of ether oxygens (including phenoxy) is 1. The zero-order chi connectivity index (χ0) is 19.4. The molecule has 3 rings (SSSR count). The summed E-state index contributed by atoms with van der Waals surface area (Å²) in [4.78, 5) is 27.5. The lowest BCUT2D eigenvalue weighted by Crippen LogP contribution is -2.50. The summed E-state index contributed by atoms with van der Waals surface area (Å²) in [5, 5.41) is 2.93. The van der Waals surface area contributed by atoms with E-state index in [-0.39, 0.29) is 6.03 Å². The third-order valence-corrected chi connectivity index (χ3v) is 4.51. The number of para-hydroxylation sites is 2. The third kappa shape index (κ3) is 4.39. The van der Waals surface area contributed by atoms with Crippen molar-refractivity contribution in [1.29, 1.82) is 0 Å². The summed E-state index contributed by atoms with van der Waals surface area (Å²) in [6, 6.07) is 9.27. The number of amides is 2. The van der Waals surface area contributed by atoms with Crippen molar-refractivity contribution in [3.05, 3.63) is 36.2 Å². The molecule has 144 valence electrons. The van der Waals surface area contributed by atoms with Crippen molar-refractivity contribution >= 4 is 23.4 Å². The Morgan fingerprint density at radius 1 is 1.15 bits per heavy atom. The molecule has 1 saturated heterocycles. The molecule has 0 spiro atoms. The van der Waals surface area contributed by atoms with Crippen molar-refractivity contribution < 1.29 is 9.53 Å². The van der Waals surface area contributed by atoms with Crippen LogP contribution in [0.25, 0.3) is 0 Å². The number of benzene rings is 1. The summed E-state index contributed by atoms with van der Waals surface area (Å²) < 4.78 is 5.29. The van der Waals surface area contributed by atoms with Crippen LogP contribution < -0.4 is 19.9 Å². The molecule has 8 nitrogen and oxygen atoms in total. The minimum atomic E-state index is -0.119. The summed E-state index contributed by atoms with van der Waals surface area (Å²) >= 11 is 0. The number of nitrogens with one attached hydrogen (secondary N) is 1. The smallest absolute Gasteiger partial charge is 0.322 e. The van der Waals surface area contributed by atoms with Gasteiger partial charge in [0.15, 0.2) is 0 Å². The number of nitrogens with zero attached hydrogens (tertiary/aromatic N) is 5. The fraction of sp³-hybridized carbons (Fsp3) is 0.421. The van der Waals surface area contributed by atoms with E-state index in [1.165, 1.54) is 0 Å². The number of urea groups is 1. The number of carbonyl (C=O) groups is 1. The molecular weight excluding hydrogens is 344 g/mol. The highest BCUT2D eigenvalue weighted by molar-refractivity contribution is 5.91. The second-order valence-electron chi connectivity index (χ2n) is 6.63. The zero-order valence-corrected chi connectivity index (χ0v) is 16.3. The number of methoxy groups -OCH3 is 1. The van der Waals surface area contributed by atoms with Crippen molar-refractivity contribution in [2.75, 3.05) is 62.5 Å². The quantitative estimate of drug-likeness (QED) is 0.890. The standard InChI is InChI=1S/C19H26N6O2/c1-14-20-17(23(2)3)13-18(21-14)24-9-11-25(12-10-24)19(26)22-15-7-5-6-8-16(15)27-4/h5-8,13H,9-12H2,1-4H3,(H,22,26). The monoisotopic (exact) mass is 370 g/mol. The van der Waals surface area contributed by atoms with Gasteiger partial charge in [-0.2, -0.15) is 0 Å². The lowest BCUT2D eigenvalue weighted by atomic mass is 10.3. The molecule has 0 aliphatic carbocycles. The number of rotatable bonds is 4. The summed E-state index contributed by atoms with van der Waals surface area (Å²) in [7, 11) is 5.52. The Balaban J connectivity index is 1.62. The third-order valence-electron chi connectivity index (χ3n) is 4.51. The lowest BCUT2D eigenvalue weighted by molar-refractivity contribution is 0.208. The van der Waals surface area contributed by atoms with Crippen LogP contribution in [0.1, 0.15) is 5.82 Å². The van der Waals surface area contributed by atoms with Crippen LogP contribution in [0, 0.1) is 6.92 Å². The van der Waals surface area contributed by atoms with Crippen molar-refractivity contribution in [3.63, 3.8) is 0 Å². The van der Waals surface area contributed by atoms with Crippen LogP contribution in [-0.4, -0.2) is 68.3 Å². The lowest BCUT2D eigenvalue weighted by Gasteiger charge is -2.35. The predicted octanol–water partition coefficient (Wildman–Crippen LogP) is 2.21.